The van der Waals surface area contributed by atoms with Crippen LogP contribution < -0.4 is 10.9 Å². The molecule has 0 spiro atoms. The van der Waals surface area contributed by atoms with Crippen LogP contribution in [0, 0.1) is 0 Å². The molecular formula is C16H17F3N2O2. The standard InChI is InChI=1S/C16H17F3N2O2/c17-16(18,19)14-4-2-1-3-11(14)9-12-10-13(5-7-20-12)21-15(22)6-8-23-21/h1-4,6,8,12-13,20H,5,7,9-10H2/t12-,13+/m0/s1. The van der Waals surface area contributed by atoms with E-state index in [1.807, 2.05) is 0 Å². The number of nitrogens with one attached hydrogen (secondary N) is 1. The summed E-state index contributed by atoms with van der Waals surface area (Å²) in [5, 5.41) is 3.23. The predicted octanol–water partition coefficient (Wildman–Crippen LogP) is 3.00. The third-order valence-corrected chi connectivity index (χ3v) is 4.19. The first-order chi connectivity index (χ1) is 10.9. The Morgan fingerprint density at radius 1 is 1.26 bits per heavy atom. The van der Waals surface area contributed by atoms with Crippen molar-refractivity contribution < 1.29 is 17.7 Å². The first-order valence-corrected chi connectivity index (χ1v) is 7.50. The van der Waals surface area contributed by atoms with Gasteiger partial charge in [-0.05, 0) is 37.4 Å². The highest BCUT2D eigenvalue weighted by atomic mass is 19.4. The van der Waals surface area contributed by atoms with Gasteiger partial charge in [-0.15, -0.1) is 0 Å². The lowest BCUT2D eigenvalue weighted by molar-refractivity contribution is -0.138. The van der Waals surface area contributed by atoms with Gasteiger partial charge >= 0.3 is 6.18 Å². The fourth-order valence-corrected chi connectivity index (χ4v) is 3.14. The molecule has 1 N–H and O–H groups in total. The van der Waals surface area contributed by atoms with Crippen LogP contribution in [0.2, 0.25) is 0 Å². The largest absolute Gasteiger partial charge is 0.416 e. The van der Waals surface area contributed by atoms with Crippen LogP contribution in [0.15, 0.2) is 45.9 Å². The van der Waals surface area contributed by atoms with E-state index in [0.717, 1.165) is 6.07 Å². The van der Waals surface area contributed by atoms with Crippen LogP contribution in [0.25, 0.3) is 0 Å². The number of rotatable bonds is 3. The highest BCUT2D eigenvalue weighted by Crippen LogP contribution is 2.33. The summed E-state index contributed by atoms with van der Waals surface area (Å²) in [7, 11) is 0. The molecule has 7 heteroatoms. The maximum Gasteiger partial charge on any atom is 0.416 e. The lowest BCUT2D eigenvalue weighted by atomic mass is 9.92. The van der Waals surface area contributed by atoms with E-state index in [4.69, 9.17) is 4.52 Å². The van der Waals surface area contributed by atoms with Crippen LogP contribution in [0.3, 0.4) is 0 Å². The molecule has 1 fully saturated rings. The van der Waals surface area contributed by atoms with Crippen molar-refractivity contribution >= 4 is 0 Å². The van der Waals surface area contributed by atoms with Gasteiger partial charge in [0.05, 0.1) is 11.6 Å². The molecule has 0 unspecified atom stereocenters. The van der Waals surface area contributed by atoms with Gasteiger partial charge in [-0.2, -0.15) is 17.9 Å². The van der Waals surface area contributed by atoms with E-state index in [-0.39, 0.29) is 29.6 Å². The minimum Gasteiger partial charge on any atom is -0.384 e. The Balaban J connectivity index is 1.76. The molecule has 0 bridgehead atoms. The van der Waals surface area contributed by atoms with Gasteiger partial charge in [0.1, 0.15) is 6.26 Å². The molecule has 1 aliphatic heterocycles. The van der Waals surface area contributed by atoms with Crippen LogP contribution in [0.1, 0.15) is 30.0 Å². The van der Waals surface area contributed by atoms with Gasteiger partial charge in [0.15, 0.2) is 0 Å². The first kappa shape index (κ1) is 15.9. The van der Waals surface area contributed by atoms with Gasteiger partial charge in [0.25, 0.3) is 5.56 Å². The molecule has 2 aromatic rings. The van der Waals surface area contributed by atoms with Crippen molar-refractivity contribution in [1.29, 1.82) is 0 Å². The van der Waals surface area contributed by atoms with Gasteiger partial charge < -0.3 is 9.84 Å². The topological polar surface area (TPSA) is 47.2 Å². The van der Waals surface area contributed by atoms with E-state index in [2.05, 4.69) is 5.32 Å². The number of benzene rings is 1. The van der Waals surface area contributed by atoms with Crippen molar-refractivity contribution in [3.8, 4) is 0 Å². The quantitative estimate of drug-likeness (QED) is 0.943. The third-order valence-electron chi connectivity index (χ3n) is 4.19. The molecule has 23 heavy (non-hydrogen) atoms. The second-order valence-electron chi connectivity index (χ2n) is 5.76. The van der Waals surface area contributed by atoms with Gasteiger partial charge in [-0.1, -0.05) is 18.2 Å². The number of halogens is 3. The monoisotopic (exact) mass is 326 g/mol. The smallest absolute Gasteiger partial charge is 0.384 e. The molecule has 0 radical (unpaired) electrons. The summed E-state index contributed by atoms with van der Waals surface area (Å²) in [5.74, 6) is 0. The minimum absolute atomic E-state index is 0.123. The molecule has 0 aliphatic carbocycles. The normalized spacial score (nSPS) is 22.2. The van der Waals surface area contributed by atoms with Crippen molar-refractivity contribution in [1.82, 2.24) is 10.1 Å². The van der Waals surface area contributed by atoms with Crippen LogP contribution >= 0.6 is 0 Å². The fourth-order valence-electron chi connectivity index (χ4n) is 3.14. The van der Waals surface area contributed by atoms with Crippen LogP contribution in [0.4, 0.5) is 13.2 Å². The highest BCUT2D eigenvalue weighted by molar-refractivity contribution is 5.30. The summed E-state index contributed by atoms with van der Waals surface area (Å²) in [4.78, 5) is 11.7. The Hall–Kier alpha value is -2.02. The molecule has 1 aromatic carbocycles. The lowest BCUT2D eigenvalue weighted by Gasteiger charge is -2.30. The summed E-state index contributed by atoms with van der Waals surface area (Å²) in [6.45, 7) is 0.636. The molecule has 0 saturated carbocycles. The van der Waals surface area contributed by atoms with Crippen molar-refractivity contribution in [2.24, 2.45) is 0 Å². The third kappa shape index (κ3) is 3.50. The van der Waals surface area contributed by atoms with Crippen molar-refractivity contribution in [2.45, 2.75) is 37.5 Å². The molecule has 3 rings (SSSR count). The molecular weight excluding hydrogens is 309 g/mol. The van der Waals surface area contributed by atoms with Crippen molar-refractivity contribution in [2.75, 3.05) is 6.54 Å². The van der Waals surface area contributed by atoms with E-state index in [1.165, 1.54) is 29.2 Å². The Morgan fingerprint density at radius 3 is 2.74 bits per heavy atom. The maximum absolute atomic E-state index is 13.1. The zero-order valence-electron chi connectivity index (χ0n) is 12.3. The Labute approximate surface area is 130 Å². The fraction of sp³-hybridized carbons (Fsp3) is 0.438. The Kier molecular flexibility index (Phi) is 4.30. The van der Waals surface area contributed by atoms with E-state index in [9.17, 15) is 18.0 Å². The van der Waals surface area contributed by atoms with E-state index >= 15 is 0 Å². The lowest BCUT2D eigenvalue weighted by Crippen LogP contribution is -2.41. The SMILES string of the molecule is O=c1ccon1[C@@H]1CCN[C@@H](Cc2ccccc2C(F)(F)F)C1. The summed E-state index contributed by atoms with van der Waals surface area (Å²) in [6.07, 6.45) is -1.49. The molecule has 0 amide bonds. The van der Waals surface area contributed by atoms with E-state index < -0.39 is 11.7 Å². The van der Waals surface area contributed by atoms with Gasteiger partial charge in [0.2, 0.25) is 0 Å². The summed E-state index contributed by atoms with van der Waals surface area (Å²) >= 11 is 0. The van der Waals surface area contributed by atoms with Crippen LogP contribution in [0.5, 0.6) is 0 Å². The Morgan fingerprint density at radius 2 is 2.04 bits per heavy atom. The summed E-state index contributed by atoms with van der Waals surface area (Å²) < 4.78 is 45.7. The number of hydrogen-bond donors (Lipinski definition) is 1. The van der Waals surface area contributed by atoms with Gasteiger partial charge in [0, 0.05) is 12.1 Å². The molecule has 1 aromatic heterocycles. The second-order valence-corrected chi connectivity index (χ2v) is 5.76. The highest BCUT2D eigenvalue weighted by Gasteiger charge is 2.34. The summed E-state index contributed by atoms with van der Waals surface area (Å²) in [5.41, 5.74) is -0.546. The van der Waals surface area contributed by atoms with Gasteiger partial charge in [-0.3, -0.25) is 4.79 Å². The molecule has 2 heterocycles. The van der Waals surface area contributed by atoms with Gasteiger partial charge in [-0.25, -0.2) is 0 Å². The first-order valence-electron chi connectivity index (χ1n) is 7.50. The molecule has 4 nitrogen and oxygen atoms in total. The second kappa shape index (κ2) is 6.23. The Bertz CT molecular complexity index is 720. The number of piperidine rings is 1. The zero-order chi connectivity index (χ0) is 16.4. The average Bonchev–Trinajstić information content (AvgIpc) is 2.93. The predicted molar refractivity (Wildman–Crippen MR) is 78.2 cm³/mol. The molecule has 2 atom stereocenters. The van der Waals surface area contributed by atoms with E-state index in [1.54, 1.807) is 6.07 Å². The van der Waals surface area contributed by atoms with Crippen molar-refractivity contribution in [3.05, 3.63) is 58.1 Å². The summed E-state index contributed by atoms with van der Waals surface area (Å²) in [6, 6.07) is 6.71. The average molecular weight is 326 g/mol. The van der Waals surface area contributed by atoms with Crippen molar-refractivity contribution in [3.63, 3.8) is 0 Å². The van der Waals surface area contributed by atoms with Crippen LogP contribution in [-0.2, 0) is 12.6 Å². The molecule has 124 valence electrons. The molecule has 1 aliphatic rings. The minimum atomic E-state index is -4.36. The van der Waals surface area contributed by atoms with E-state index in [0.29, 0.717) is 19.4 Å². The number of nitrogens with zero attached hydrogens (tertiary/aromatic N) is 1. The number of aromatic nitrogens is 1. The number of hydrogen-bond acceptors (Lipinski definition) is 3. The maximum atomic E-state index is 13.1. The number of alkyl halides is 3. The van der Waals surface area contributed by atoms with Crippen LogP contribution in [-0.4, -0.2) is 17.3 Å². The molecule has 1 saturated heterocycles. The zero-order valence-corrected chi connectivity index (χ0v) is 12.3.